The average molecular weight is 204 g/mol. The number of nitrogens with two attached hydrogens (primary N) is 1. The van der Waals surface area contributed by atoms with Crippen LogP contribution in [0, 0.1) is 5.82 Å². The van der Waals surface area contributed by atoms with Gasteiger partial charge in [0.15, 0.2) is 0 Å². The third kappa shape index (κ3) is 2.66. The summed E-state index contributed by atoms with van der Waals surface area (Å²) >= 11 is 5.57. The minimum Gasteiger partial charge on any atom is -0.396 e. The molecule has 0 saturated carbocycles. The minimum atomic E-state index is -0.457. The Morgan fingerprint density at radius 3 is 2.77 bits per heavy atom. The molecule has 4 heteroatoms. The molecule has 0 fully saturated rings. The Kier molecular flexibility index (Phi) is 3.66. The summed E-state index contributed by atoms with van der Waals surface area (Å²) in [7, 11) is 0. The van der Waals surface area contributed by atoms with Crippen LogP contribution in [0.1, 0.15) is 18.0 Å². The topological polar surface area (TPSA) is 46.2 Å². The molecule has 1 aromatic rings. The molecule has 1 atom stereocenters. The lowest BCUT2D eigenvalue weighted by atomic mass is 10.1. The fraction of sp³-hybridized carbons (Fsp3) is 0.333. The van der Waals surface area contributed by atoms with Gasteiger partial charge in [-0.25, -0.2) is 4.39 Å². The van der Waals surface area contributed by atoms with Gasteiger partial charge in [-0.3, -0.25) is 0 Å². The van der Waals surface area contributed by atoms with E-state index >= 15 is 0 Å². The summed E-state index contributed by atoms with van der Waals surface area (Å²) in [6.45, 7) is 0.0101. The molecular formula is C9H11ClFNO. The van der Waals surface area contributed by atoms with E-state index in [1.165, 1.54) is 12.1 Å². The van der Waals surface area contributed by atoms with Crippen LogP contribution in [0.3, 0.4) is 0 Å². The molecule has 13 heavy (non-hydrogen) atoms. The van der Waals surface area contributed by atoms with Gasteiger partial charge in [0, 0.05) is 12.6 Å². The van der Waals surface area contributed by atoms with Gasteiger partial charge in [-0.15, -0.1) is 0 Å². The molecule has 1 rings (SSSR count). The van der Waals surface area contributed by atoms with Crippen molar-refractivity contribution in [3.63, 3.8) is 0 Å². The lowest BCUT2D eigenvalue weighted by Gasteiger charge is -2.10. The minimum absolute atomic E-state index is 0.0101. The van der Waals surface area contributed by atoms with Gasteiger partial charge in [-0.1, -0.05) is 17.7 Å². The Hall–Kier alpha value is -0.640. The smallest absolute Gasteiger partial charge is 0.141 e. The van der Waals surface area contributed by atoms with Gasteiger partial charge in [0.05, 0.1) is 5.02 Å². The Morgan fingerprint density at radius 2 is 2.23 bits per heavy atom. The number of halogens is 2. The third-order valence-corrected chi connectivity index (χ3v) is 2.10. The van der Waals surface area contributed by atoms with Crippen molar-refractivity contribution in [2.75, 3.05) is 6.61 Å². The fourth-order valence-corrected chi connectivity index (χ4v) is 1.24. The molecular weight excluding hydrogens is 193 g/mol. The monoisotopic (exact) mass is 203 g/mol. The summed E-state index contributed by atoms with van der Waals surface area (Å²) in [6, 6.07) is 4.04. The molecule has 0 bridgehead atoms. The van der Waals surface area contributed by atoms with Crippen molar-refractivity contribution in [2.24, 2.45) is 5.73 Å². The highest BCUT2D eigenvalue weighted by molar-refractivity contribution is 6.30. The highest BCUT2D eigenvalue weighted by atomic mass is 35.5. The summed E-state index contributed by atoms with van der Waals surface area (Å²) in [5.41, 5.74) is 6.42. The predicted molar refractivity (Wildman–Crippen MR) is 50.0 cm³/mol. The van der Waals surface area contributed by atoms with E-state index in [1.54, 1.807) is 6.07 Å². The van der Waals surface area contributed by atoms with Gasteiger partial charge >= 0.3 is 0 Å². The molecule has 0 saturated heterocycles. The molecule has 72 valence electrons. The Labute approximate surface area is 81.1 Å². The van der Waals surface area contributed by atoms with E-state index in [-0.39, 0.29) is 17.7 Å². The Balaban J connectivity index is 2.84. The van der Waals surface area contributed by atoms with Gasteiger partial charge in [0.1, 0.15) is 5.82 Å². The van der Waals surface area contributed by atoms with Gasteiger partial charge in [0.2, 0.25) is 0 Å². The molecule has 0 aromatic heterocycles. The van der Waals surface area contributed by atoms with Crippen LogP contribution in [0.5, 0.6) is 0 Å². The molecule has 0 aliphatic carbocycles. The van der Waals surface area contributed by atoms with Crippen LogP contribution in [0.4, 0.5) is 4.39 Å². The first-order valence-electron chi connectivity index (χ1n) is 3.96. The molecule has 1 aromatic carbocycles. The second kappa shape index (κ2) is 4.56. The number of hydrogen-bond acceptors (Lipinski definition) is 2. The van der Waals surface area contributed by atoms with Crippen LogP contribution in [-0.2, 0) is 0 Å². The van der Waals surface area contributed by atoms with Crippen molar-refractivity contribution in [1.82, 2.24) is 0 Å². The van der Waals surface area contributed by atoms with Crippen molar-refractivity contribution in [1.29, 1.82) is 0 Å². The highest BCUT2D eigenvalue weighted by Crippen LogP contribution is 2.20. The first-order chi connectivity index (χ1) is 6.15. The van der Waals surface area contributed by atoms with Crippen LogP contribution in [0.25, 0.3) is 0 Å². The zero-order valence-electron chi connectivity index (χ0n) is 7.00. The molecule has 0 radical (unpaired) electrons. The van der Waals surface area contributed by atoms with E-state index in [1.807, 2.05) is 0 Å². The van der Waals surface area contributed by atoms with Crippen molar-refractivity contribution in [2.45, 2.75) is 12.5 Å². The zero-order chi connectivity index (χ0) is 9.84. The van der Waals surface area contributed by atoms with Gasteiger partial charge in [-0.05, 0) is 24.1 Å². The summed E-state index contributed by atoms with van der Waals surface area (Å²) in [4.78, 5) is 0. The summed E-state index contributed by atoms with van der Waals surface area (Å²) in [5.74, 6) is -0.457. The van der Waals surface area contributed by atoms with E-state index < -0.39 is 5.82 Å². The quantitative estimate of drug-likeness (QED) is 0.788. The Bertz CT molecular complexity index is 293. The lowest BCUT2D eigenvalue weighted by molar-refractivity contribution is 0.276. The standard InChI is InChI=1S/C9H11ClFNO/c10-7-5-6(1-2-8(7)11)9(12)3-4-13/h1-2,5,9,13H,3-4,12H2/t9-/m1/s1. The second-order valence-electron chi connectivity index (χ2n) is 2.79. The predicted octanol–water partition coefficient (Wildman–Crippen LogP) is 1.86. The Morgan fingerprint density at radius 1 is 1.54 bits per heavy atom. The number of aliphatic hydroxyl groups is 1. The van der Waals surface area contributed by atoms with Gasteiger partial charge < -0.3 is 10.8 Å². The summed E-state index contributed by atoms with van der Waals surface area (Å²) in [6.07, 6.45) is 0.446. The van der Waals surface area contributed by atoms with Crippen LogP contribution in [0.2, 0.25) is 5.02 Å². The number of aliphatic hydroxyl groups excluding tert-OH is 1. The van der Waals surface area contributed by atoms with E-state index in [0.29, 0.717) is 6.42 Å². The van der Waals surface area contributed by atoms with E-state index in [4.69, 9.17) is 22.4 Å². The van der Waals surface area contributed by atoms with Crippen LogP contribution in [0.15, 0.2) is 18.2 Å². The number of benzene rings is 1. The normalized spacial score (nSPS) is 12.9. The number of hydrogen-bond donors (Lipinski definition) is 2. The maximum Gasteiger partial charge on any atom is 0.141 e. The largest absolute Gasteiger partial charge is 0.396 e. The molecule has 0 aliphatic heterocycles. The maximum atomic E-state index is 12.7. The molecule has 3 N–H and O–H groups in total. The van der Waals surface area contributed by atoms with Crippen molar-refractivity contribution < 1.29 is 9.50 Å². The van der Waals surface area contributed by atoms with Crippen molar-refractivity contribution in [3.8, 4) is 0 Å². The second-order valence-corrected chi connectivity index (χ2v) is 3.20. The van der Waals surface area contributed by atoms with E-state index in [2.05, 4.69) is 0 Å². The van der Waals surface area contributed by atoms with E-state index in [0.717, 1.165) is 5.56 Å². The maximum absolute atomic E-state index is 12.7. The first kappa shape index (κ1) is 10.4. The molecule has 0 heterocycles. The SMILES string of the molecule is N[C@H](CCO)c1ccc(F)c(Cl)c1. The van der Waals surface area contributed by atoms with Crippen LogP contribution < -0.4 is 5.73 Å². The molecule has 0 unspecified atom stereocenters. The third-order valence-electron chi connectivity index (χ3n) is 1.81. The fourth-order valence-electron chi connectivity index (χ4n) is 1.05. The molecule has 0 aliphatic rings. The average Bonchev–Trinajstić information content (AvgIpc) is 2.10. The molecule has 0 amide bonds. The highest BCUT2D eigenvalue weighted by Gasteiger charge is 2.07. The summed E-state index contributed by atoms with van der Waals surface area (Å²) < 4.78 is 12.7. The lowest BCUT2D eigenvalue weighted by Crippen LogP contribution is -2.11. The van der Waals surface area contributed by atoms with E-state index in [9.17, 15) is 4.39 Å². The number of rotatable bonds is 3. The van der Waals surface area contributed by atoms with Crippen LogP contribution >= 0.6 is 11.6 Å². The van der Waals surface area contributed by atoms with Crippen LogP contribution in [-0.4, -0.2) is 11.7 Å². The molecule has 0 spiro atoms. The summed E-state index contributed by atoms with van der Waals surface area (Å²) in [5, 5.41) is 8.70. The van der Waals surface area contributed by atoms with Gasteiger partial charge in [0.25, 0.3) is 0 Å². The van der Waals surface area contributed by atoms with Crippen molar-refractivity contribution in [3.05, 3.63) is 34.6 Å². The molecule has 2 nitrogen and oxygen atoms in total. The van der Waals surface area contributed by atoms with Gasteiger partial charge in [-0.2, -0.15) is 0 Å². The first-order valence-corrected chi connectivity index (χ1v) is 4.34. The van der Waals surface area contributed by atoms with Crippen molar-refractivity contribution >= 4 is 11.6 Å². The zero-order valence-corrected chi connectivity index (χ0v) is 7.76.